The van der Waals surface area contributed by atoms with Gasteiger partial charge in [-0.25, -0.2) is 0 Å². The van der Waals surface area contributed by atoms with Gasteiger partial charge in [0.2, 0.25) is 0 Å². The van der Waals surface area contributed by atoms with Gasteiger partial charge in [0.15, 0.2) is 0 Å². The second-order valence-corrected chi connectivity index (χ2v) is 16.9. The lowest BCUT2D eigenvalue weighted by Gasteiger charge is -2.46. The van der Waals surface area contributed by atoms with Gasteiger partial charge in [0.1, 0.15) is 42.1 Å². The molecule has 6 rings (SSSR count). The van der Waals surface area contributed by atoms with Crippen LogP contribution < -0.4 is 0 Å². The van der Waals surface area contributed by atoms with Gasteiger partial charge >= 0.3 is 0 Å². The molecular weight excluding hydrogens is 700 g/mol. The van der Waals surface area contributed by atoms with Crippen LogP contribution in [0.15, 0.2) is 24.3 Å². The summed E-state index contributed by atoms with van der Waals surface area (Å²) in [5.41, 5.74) is 2.20. The molecule has 0 saturated carbocycles. The number of hydrogen-bond donors (Lipinski definition) is 4. The number of carbonyl (C=O) groups is 2. The van der Waals surface area contributed by atoms with E-state index in [0.717, 1.165) is 30.4 Å². The molecule has 6 heterocycles. The van der Waals surface area contributed by atoms with E-state index in [0.29, 0.717) is 31.6 Å². The monoisotopic (exact) mass is 764 g/mol. The Kier molecular flexibility index (Phi) is 14.2. The summed E-state index contributed by atoms with van der Waals surface area (Å²) in [5, 5.41) is 41.7. The SMILES string of the molecule is C=C1C[C@H](CCC(=O)C[C@H]2O[C@H]3[C@@H](O)[C@H]4O[C@@H](CC(=O)C[C@@H]5[C@@H](OC)[C@@H](C[C@H](O)CO)O[C@H]5C)CC[C@@H]4O[C@H]3[C@H]2O)O[C@H]1CC[C@H]1C[C@@H](C)C(=C)[C@@H](C)O1. The molecule has 0 aliphatic carbocycles. The second kappa shape index (κ2) is 18.3. The third-order valence-electron chi connectivity index (χ3n) is 12.9. The number of Topliss-reactive ketones (excluding diaryl/α,β-unsaturated/α-hetero) is 2. The first-order valence-corrected chi connectivity index (χ1v) is 20.3. The highest BCUT2D eigenvalue weighted by Gasteiger charge is 2.57. The summed E-state index contributed by atoms with van der Waals surface area (Å²) in [6, 6.07) is 0. The quantitative estimate of drug-likeness (QED) is 0.169. The minimum absolute atomic E-state index is 0.000921. The number of hydrogen-bond acceptors (Lipinski definition) is 13. The Labute approximate surface area is 319 Å². The van der Waals surface area contributed by atoms with E-state index in [-0.39, 0.29) is 86.7 Å². The van der Waals surface area contributed by atoms with E-state index in [4.69, 9.17) is 33.2 Å². The normalized spacial score (nSPS) is 44.3. The maximum Gasteiger partial charge on any atom is 0.135 e. The molecule has 0 aromatic heterocycles. The Hall–Kier alpha value is -1.62. The van der Waals surface area contributed by atoms with Crippen molar-refractivity contribution in [3.05, 3.63) is 24.3 Å². The van der Waals surface area contributed by atoms with Crippen molar-refractivity contribution in [1.29, 1.82) is 0 Å². The van der Waals surface area contributed by atoms with E-state index in [1.807, 2.05) is 6.92 Å². The highest BCUT2D eigenvalue weighted by atomic mass is 16.6. The molecule has 6 aliphatic heterocycles. The zero-order valence-electron chi connectivity index (χ0n) is 32.5. The van der Waals surface area contributed by atoms with E-state index in [1.54, 1.807) is 7.11 Å². The Morgan fingerprint density at radius 3 is 2.30 bits per heavy atom. The third-order valence-corrected chi connectivity index (χ3v) is 12.9. The molecule has 13 nitrogen and oxygen atoms in total. The van der Waals surface area contributed by atoms with Gasteiger partial charge in [-0.05, 0) is 75.9 Å². The van der Waals surface area contributed by atoms with E-state index >= 15 is 0 Å². The number of aliphatic hydroxyl groups is 4. The number of ether oxygens (including phenoxy) is 7. The molecule has 4 N–H and O–H groups in total. The molecule has 306 valence electrons. The van der Waals surface area contributed by atoms with Crippen LogP contribution in [0.25, 0.3) is 0 Å². The Morgan fingerprint density at radius 1 is 0.815 bits per heavy atom. The van der Waals surface area contributed by atoms with Gasteiger partial charge in [-0.2, -0.15) is 0 Å². The van der Waals surface area contributed by atoms with Crippen LogP contribution in [0.4, 0.5) is 0 Å². The highest BCUT2D eigenvalue weighted by Crippen LogP contribution is 2.41. The fourth-order valence-electron chi connectivity index (χ4n) is 9.77. The molecule has 18 atom stereocenters. The predicted octanol–water partition coefficient (Wildman–Crippen LogP) is 2.90. The van der Waals surface area contributed by atoms with Gasteiger partial charge in [-0.3, -0.25) is 9.59 Å². The van der Waals surface area contributed by atoms with E-state index in [1.165, 1.54) is 0 Å². The van der Waals surface area contributed by atoms with Crippen molar-refractivity contribution in [2.75, 3.05) is 13.7 Å². The van der Waals surface area contributed by atoms with Crippen molar-refractivity contribution in [1.82, 2.24) is 0 Å². The van der Waals surface area contributed by atoms with Crippen LogP contribution in [-0.4, -0.2) is 143 Å². The van der Waals surface area contributed by atoms with Gasteiger partial charge in [-0.15, -0.1) is 0 Å². The number of fused-ring (bicyclic) bond motifs is 2. The Bertz CT molecular complexity index is 1310. The predicted molar refractivity (Wildman–Crippen MR) is 196 cm³/mol. The molecule has 6 aliphatic rings. The Balaban J connectivity index is 0.928. The maximum atomic E-state index is 13.3. The van der Waals surface area contributed by atoms with Crippen molar-refractivity contribution in [2.45, 2.75) is 195 Å². The van der Waals surface area contributed by atoms with Crippen LogP contribution in [0.3, 0.4) is 0 Å². The van der Waals surface area contributed by atoms with Crippen LogP contribution in [0, 0.1) is 11.8 Å². The van der Waals surface area contributed by atoms with Gasteiger partial charge in [0.25, 0.3) is 0 Å². The fourth-order valence-corrected chi connectivity index (χ4v) is 9.77. The molecule has 6 fully saturated rings. The van der Waals surface area contributed by atoms with E-state index in [2.05, 4.69) is 27.0 Å². The van der Waals surface area contributed by atoms with Crippen LogP contribution in [0.5, 0.6) is 0 Å². The number of methoxy groups -OCH3 is 1. The highest BCUT2D eigenvalue weighted by molar-refractivity contribution is 5.79. The first-order chi connectivity index (χ1) is 25.8. The average Bonchev–Trinajstić information content (AvgIpc) is 3.76. The van der Waals surface area contributed by atoms with E-state index in [9.17, 15) is 30.0 Å². The summed E-state index contributed by atoms with van der Waals surface area (Å²) < 4.78 is 42.7. The van der Waals surface area contributed by atoms with Crippen molar-refractivity contribution < 1.29 is 63.2 Å². The summed E-state index contributed by atoms with van der Waals surface area (Å²) in [5.74, 6) is 0.153. The van der Waals surface area contributed by atoms with Crippen LogP contribution in [0.1, 0.15) is 97.8 Å². The molecule has 0 amide bonds. The molecule has 0 aromatic rings. The third kappa shape index (κ3) is 9.56. The smallest absolute Gasteiger partial charge is 0.135 e. The first-order valence-electron chi connectivity index (χ1n) is 20.3. The summed E-state index contributed by atoms with van der Waals surface area (Å²) in [6.45, 7) is 14.2. The molecule has 0 radical (unpaired) electrons. The van der Waals surface area contributed by atoms with Gasteiger partial charge < -0.3 is 53.6 Å². The molecule has 54 heavy (non-hydrogen) atoms. The standard InChI is InChI=1S/C41H64O13/c1-20-13-28(49-23(4)22(20)3)9-11-32-21(2)14-29(51-32)8-7-25(43)17-34-36(46)40-41(54-34)37(47)39-33(53-40)12-10-30(52-39)15-26(44)16-31-24(5)50-35(38(31)48-6)18-27(45)19-42/h20,23-24,27-42,45-47H,2-3,7-19H2,1,4-6H3/t20-,23-,24+,27+,28+,29+,30-,31+,32+,33+,34-,35-,36+,37+,38-,39+,40+,41+/m1/s1. The lowest BCUT2D eigenvalue weighted by atomic mass is 9.86. The van der Waals surface area contributed by atoms with Gasteiger partial charge in [0.05, 0.1) is 73.8 Å². The lowest BCUT2D eigenvalue weighted by molar-refractivity contribution is -0.259. The lowest BCUT2D eigenvalue weighted by Crippen LogP contribution is -2.61. The number of rotatable bonds is 16. The molecule has 13 heteroatoms. The summed E-state index contributed by atoms with van der Waals surface area (Å²) in [7, 11) is 1.55. The molecule has 0 unspecified atom stereocenters. The van der Waals surface area contributed by atoms with Crippen molar-refractivity contribution >= 4 is 11.6 Å². The average molecular weight is 765 g/mol. The van der Waals surface area contributed by atoms with Crippen LogP contribution >= 0.6 is 0 Å². The Morgan fingerprint density at radius 2 is 1.57 bits per heavy atom. The fraction of sp³-hybridized carbons (Fsp3) is 0.854. The van der Waals surface area contributed by atoms with Crippen LogP contribution in [0.2, 0.25) is 0 Å². The summed E-state index contributed by atoms with van der Waals surface area (Å²) >= 11 is 0. The topological polar surface area (TPSA) is 180 Å². The second-order valence-electron chi connectivity index (χ2n) is 16.9. The zero-order valence-corrected chi connectivity index (χ0v) is 32.5. The number of aliphatic hydroxyl groups excluding tert-OH is 4. The summed E-state index contributed by atoms with van der Waals surface area (Å²) in [4.78, 5) is 26.4. The number of ketones is 2. The van der Waals surface area contributed by atoms with E-state index < -0.39 is 67.1 Å². The van der Waals surface area contributed by atoms with Gasteiger partial charge in [-0.1, -0.05) is 20.1 Å². The zero-order chi connectivity index (χ0) is 38.8. The molecule has 0 spiro atoms. The minimum atomic E-state index is -1.10. The largest absolute Gasteiger partial charge is 0.394 e. The number of carbonyl (C=O) groups excluding carboxylic acids is 2. The summed E-state index contributed by atoms with van der Waals surface area (Å²) in [6.07, 6.45) is -2.27. The maximum absolute atomic E-state index is 13.3. The molecule has 0 bridgehead atoms. The molecule has 6 saturated heterocycles. The van der Waals surface area contributed by atoms with Crippen molar-refractivity contribution in [3.8, 4) is 0 Å². The van der Waals surface area contributed by atoms with Crippen LogP contribution in [-0.2, 0) is 42.7 Å². The molecule has 0 aromatic carbocycles. The first kappa shape index (κ1) is 42.0. The minimum Gasteiger partial charge on any atom is -0.394 e. The molecular formula is C41H64O13. The van der Waals surface area contributed by atoms with Crippen molar-refractivity contribution in [3.63, 3.8) is 0 Å². The van der Waals surface area contributed by atoms with Gasteiger partial charge in [0, 0.05) is 45.1 Å². The van der Waals surface area contributed by atoms with Crippen molar-refractivity contribution in [2.24, 2.45) is 11.8 Å².